The maximum absolute atomic E-state index is 12.7. The fourth-order valence-corrected chi connectivity index (χ4v) is 2.98. The van der Waals surface area contributed by atoms with Crippen molar-refractivity contribution in [2.45, 2.75) is 0 Å². The normalized spacial score (nSPS) is 16.6. The van der Waals surface area contributed by atoms with Gasteiger partial charge in [-0.2, -0.15) is 0 Å². The average Bonchev–Trinajstić information content (AvgIpc) is 2.89. The van der Waals surface area contributed by atoms with Gasteiger partial charge in [0.05, 0.1) is 6.61 Å². The molecule has 3 rings (SSSR count). The van der Waals surface area contributed by atoms with Crippen LogP contribution in [0.5, 0.6) is 0 Å². The molecule has 1 aromatic carbocycles. The van der Waals surface area contributed by atoms with Crippen molar-refractivity contribution < 1.29 is 9.90 Å². The maximum atomic E-state index is 12.7. The van der Waals surface area contributed by atoms with E-state index in [0.717, 1.165) is 42.6 Å². The van der Waals surface area contributed by atoms with E-state index in [1.807, 2.05) is 47.0 Å². The number of aryl methyl sites for hydroxylation is 1. The number of hydrogen-bond donors (Lipinski definition) is 1. The number of piperazine rings is 1. The molecule has 0 saturated carbocycles. The molecule has 1 amide bonds. The average molecular weight is 287 g/mol. The highest BCUT2D eigenvalue weighted by Gasteiger charge is 2.23. The van der Waals surface area contributed by atoms with Crippen LogP contribution in [0, 0.1) is 0 Å². The van der Waals surface area contributed by atoms with Crippen molar-refractivity contribution in [1.29, 1.82) is 0 Å². The van der Waals surface area contributed by atoms with Crippen molar-refractivity contribution in [3.05, 3.63) is 36.0 Å². The van der Waals surface area contributed by atoms with Crippen molar-refractivity contribution >= 4 is 16.8 Å². The zero-order valence-electron chi connectivity index (χ0n) is 12.3. The van der Waals surface area contributed by atoms with Crippen molar-refractivity contribution in [2.75, 3.05) is 39.3 Å². The maximum Gasteiger partial charge on any atom is 0.254 e. The molecular formula is C16H21N3O2. The summed E-state index contributed by atoms with van der Waals surface area (Å²) in [7, 11) is 1.99. The molecule has 112 valence electrons. The highest BCUT2D eigenvalue weighted by Crippen LogP contribution is 2.21. The van der Waals surface area contributed by atoms with E-state index in [1.54, 1.807) is 0 Å². The molecule has 0 unspecified atom stereocenters. The molecule has 0 radical (unpaired) electrons. The summed E-state index contributed by atoms with van der Waals surface area (Å²) < 4.78 is 2.03. The Labute approximate surface area is 124 Å². The molecule has 2 aromatic rings. The molecule has 0 spiro atoms. The van der Waals surface area contributed by atoms with Gasteiger partial charge in [-0.25, -0.2) is 0 Å². The number of benzene rings is 1. The van der Waals surface area contributed by atoms with Crippen molar-refractivity contribution in [3.63, 3.8) is 0 Å². The minimum absolute atomic E-state index is 0.107. The predicted octanol–water partition coefficient (Wildman–Crippen LogP) is 0.928. The van der Waals surface area contributed by atoms with E-state index in [0.29, 0.717) is 6.54 Å². The Bertz CT molecular complexity index is 642. The number of carbonyl (C=O) groups is 1. The van der Waals surface area contributed by atoms with Gasteiger partial charge in [0.2, 0.25) is 0 Å². The lowest BCUT2D eigenvalue weighted by Gasteiger charge is -2.34. The number of carbonyl (C=O) groups excluding carboxylic acids is 1. The van der Waals surface area contributed by atoms with Crippen LogP contribution >= 0.6 is 0 Å². The van der Waals surface area contributed by atoms with Gasteiger partial charge in [0.1, 0.15) is 0 Å². The Morgan fingerprint density at radius 3 is 2.67 bits per heavy atom. The summed E-state index contributed by atoms with van der Waals surface area (Å²) >= 11 is 0. The van der Waals surface area contributed by atoms with Crippen molar-refractivity contribution in [2.24, 2.45) is 7.05 Å². The Kier molecular flexibility index (Phi) is 3.94. The molecule has 1 aliphatic heterocycles. The lowest BCUT2D eigenvalue weighted by atomic mass is 10.1. The number of hydrogen-bond acceptors (Lipinski definition) is 3. The minimum Gasteiger partial charge on any atom is -0.395 e. The number of β-amino-alcohol motifs (C(OH)–C–C–N with tert-alkyl or cyclic N) is 1. The molecule has 1 aromatic heterocycles. The van der Waals surface area contributed by atoms with Crippen LogP contribution in [0.15, 0.2) is 30.5 Å². The standard InChI is InChI=1S/C16H21N3O2/c1-17-6-5-13-14(3-2-4-15(13)17)16(21)19-9-7-18(8-10-19)11-12-20/h2-6,20H,7-12H2,1H3. The van der Waals surface area contributed by atoms with Crippen LogP contribution in [-0.4, -0.2) is 64.7 Å². The molecule has 1 aliphatic rings. The summed E-state index contributed by atoms with van der Waals surface area (Å²) in [5, 5.41) is 9.98. The highest BCUT2D eigenvalue weighted by molar-refractivity contribution is 6.06. The molecule has 0 atom stereocenters. The first-order chi connectivity index (χ1) is 10.2. The second-order valence-electron chi connectivity index (χ2n) is 5.52. The molecule has 21 heavy (non-hydrogen) atoms. The number of aliphatic hydroxyl groups excluding tert-OH is 1. The van der Waals surface area contributed by atoms with Crippen LogP contribution in [-0.2, 0) is 7.05 Å². The Morgan fingerprint density at radius 2 is 1.95 bits per heavy atom. The summed E-state index contributed by atoms with van der Waals surface area (Å²) in [6, 6.07) is 7.89. The van der Waals surface area contributed by atoms with E-state index in [1.165, 1.54) is 0 Å². The molecule has 5 nitrogen and oxygen atoms in total. The molecular weight excluding hydrogens is 266 g/mol. The highest BCUT2D eigenvalue weighted by atomic mass is 16.3. The van der Waals surface area contributed by atoms with Gasteiger partial charge in [-0.15, -0.1) is 0 Å². The monoisotopic (exact) mass is 287 g/mol. The Balaban J connectivity index is 1.79. The van der Waals surface area contributed by atoms with Gasteiger partial charge < -0.3 is 14.6 Å². The van der Waals surface area contributed by atoms with E-state index < -0.39 is 0 Å². The van der Waals surface area contributed by atoms with Crippen LogP contribution in [0.1, 0.15) is 10.4 Å². The lowest BCUT2D eigenvalue weighted by Crippen LogP contribution is -2.49. The first kappa shape index (κ1) is 14.1. The topological polar surface area (TPSA) is 48.7 Å². The zero-order valence-corrected chi connectivity index (χ0v) is 12.3. The fraction of sp³-hybridized carbons (Fsp3) is 0.438. The van der Waals surface area contributed by atoms with Gasteiger partial charge in [-0.05, 0) is 18.2 Å². The van der Waals surface area contributed by atoms with E-state index in [4.69, 9.17) is 5.11 Å². The third-order valence-corrected chi connectivity index (χ3v) is 4.23. The Hall–Kier alpha value is -1.85. The van der Waals surface area contributed by atoms with Gasteiger partial charge in [-0.1, -0.05) is 6.07 Å². The van der Waals surface area contributed by atoms with Crippen LogP contribution in [0.25, 0.3) is 10.9 Å². The number of aliphatic hydroxyl groups is 1. The van der Waals surface area contributed by atoms with E-state index in [-0.39, 0.29) is 12.5 Å². The van der Waals surface area contributed by atoms with Crippen LogP contribution in [0.4, 0.5) is 0 Å². The van der Waals surface area contributed by atoms with Crippen LogP contribution in [0.3, 0.4) is 0 Å². The summed E-state index contributed by atoms with van der Waals surface area (Å²) in [5.41, 5.74) is 1.86. The van der Waals surface area contributed by atoms with Gasteiger partial charge in [0.25, 0.3) is 5.91 Å². The zero-order chi connectivity index (χ0) is 14.8. The van der Waals surface area contributed by atoms with E-state index in [9.17, 15) is 4.79 Å². The first-order valence-corrected chi connectivity index (χ1v) is 7.37. The van der Waals surface area contributed by atoms with E-state index in [2.05, 4.69) is 4.90 Å². The lowest BCUT2D eigenvalue weighted by molar-refractivity contribution is 0.0617. The van der Waals surface area contributed by atoms with Gasteiger partial charge in [-0.3, -0.25) is 9.69 Å². The third-order valence-electron chi connectivity index (χ3n) is 4.23. The van der Waals surface area contributed by atoms with Gasteiger partial charge in [0, 0.05) is 62.4 Å². The second kappa shape index (κ2) is 5.87. The molecule has 1 fully saturated rings. The number of fused-ring (bicyclic) bond motifs is 1. The summed E-state index contributed by atoms with van der Waals surface area (Å²) in [6.45, 7) is 3.98. The smallest absolute Gasteiger partial charge is 0.254 e. The van der Waals surface area contributed by atoms with Crippen molar-refractivity contribution in [1.82, 2.24) is 14.4 Å². The van der Waals surface area contributed by atoms with Crippen molar-refractivity contribution in [3.8, 4) is 0 Å². The number of rotatable bonds is 3. The molecule has 0 aliphatic carbocycles. The Morgan fingerprint density at radius 1 is 1.19 bits per heavy atom. The third kappa shape index (κ3) is 2.66. The number of nitrogens with zero attached hydrogens (tertiary/aromatic N) is 3. The molecule has 2 heterocycles. The summed E-state index contributed by atoms with van der Waals surface area (Å²) in [5.74, 6) is 0.107. The molecule has 0 bridgehead atoms. The largest absolute Gasteiger partial charge is 0.395 e. The summed E-state index contributed by atoms with van der Waals surface area (Å²) in [6.07, 6.45) is 1.99. The first-order valence-electron chi connectivity index (χ1n) is 7.37. The fourth-order valence-electron chi connectivity index (χ4n) is 2.98. The predicted molar refractivity (Wildman–Crippen MR) is 82.3 cm³/mol. The minimum atomic E-state index is 0.107. The number of aromatic nitrogens is 1. The van der Waals surface area contributed by atoms with Crippen LogP contribution < -0.4 is 0 Å². The number of amides is 1. The van der Waals surface area contributed by atoms with E-state index >= 15 is 0 Å². The van der Waals surface area contributed by atoms with Crippen LogP contribution in [0.2, 0.25) is 0 Å². The quantitative estimate of drug-likeness (QED) is 0.913. The second-order valence-corrected chi connectivity index (χ2v) is 5.52. The molecule has 1 saturated heterocycles. The molecule has 5 heteroatoms. The molecule has 1 N–H and O–H groups in total. The summed E-state index contributed by atoms with van der Waals surface area (Å²) in [4.78, 5) is 16.8. The van der Waals surface area contributed by atoms with Gasteiger partial charge in [0.15, 0.2) is 0 Å². The SMILES string of the molecule is Cn1ccc2c(C(=O)N3CCN(CCO)CC3)cccc21. The van der Waals surface area contributed by atoms with Gasteiger partial charge >= 0.3 is 0 Å².